The topological polar surface area (TPSA) is 12.9 Å². The molecule has 0 unspecified atom stereocenters. The Labute approximate surface area is 186 Å². The van der Waals surface area contributed by atoms with Gasteiger partial charge in [0.2, 0.25) is 0 Å². The summed E-state index contributed by atoms with van der Waals surface area (Å²) < 4.78 is 5.57. The molecule has 0 atom stereocenters. The van der Waals surface area contributed by atoms with E-state index in [0.717, 1.165) is 11.3 Å². The van der Waals surface area contributed by atoms with E-state index < -0.39 is 13.3 Å². The fourth-order valence-electron chi connectivity index (χ4n) is 4.46. The Bertz CT molecular complexity index is 1140. The number of hydrogen-bond acceptors (Lipinski definition) is 1. The van der Waals surface area contributed by atoms with Crippen LogP contribution in [0.2, 0.25) is 0 Å². The van der Waals surface area contributed by atoms with Gasteiger partial charge in [0.15, 0.2) is 0 Å². The van der Waals surface area contributed by atoms with Gasteiger partial charge in [-0.25, -0.2) is 0 Å². The van der Waals surface area contributed by atoms with Crippen LogP contribution in [0.25, 0.3) is 11.3 Å². The van der Waals surface area contributed by atoms with Gasteiger partial charge in [-0.3, -0.25) is 0 Å². The molecule has 0 radical (unpaired) electrons. The molecule has 148 valence electrons. The van der Waals surface area contributed by atoms with Crippen molar-refractivity contribution < 1.29 is 0 Å². The molecule has 0 aliphatic rings. The van der Waals surface area contributed by atoms with Crippen molar-refractivity contribution in [3.63, 3.8) is 0 Å². The van der Waals surface area contributed by atoms with Crippen molar-refractivity contribution in [2.75, 3.05) is 0 Å². The first-order valence-corrected chi connectivity index (χ1v) is 14.8. The van der Waals surface area contributed by atoms with E-state index in [-0.39, 0.29) is 0 Å². The molecule has 1 nitrogen and oxygen atoms in total. The second-order valence-electron chi connectivity index (χ2n) is 7.65. The van der Waals surface area contributed by atoms with E-state index in [1.807, 2.05) is 6.07 Å². The Kier molecular flexibility index (Phi) is 5.51. The molecule has 5 rings (SSSR count). The number of hydrogen-bond donors (Lipinski definition) is 0. The van der Waals surface area contributed by atoms with E-state index in [1.54, 1.807) is 0 Å². The first kappa shape index (κ1) is 19.5. The van der Waals surface area contributed by atoms with Crippen LogP contribution in [0.5, 0.6) is 0 Å². The summed E-state index contributed by atoms with van der Waals surface area (Å²) in [5.41, 5.74) is 2.15. The number of benzene rings is 4. The summed E-state index contributed by atoms with van der Waals surface area (Å²) in [6, 6.07) is 47.9. The van der Waals surface area contributed by atoms with Crippen molar-refractivity contribution >= 4 is 30.8 Å². The molecule has 31 heavy (non-hydrogen) atoms. The van der Waals surface area contributed by atoms with E-state index >= 15 is 0 Å². The van der Waals surface area contributed by atoms with Gasteiger partial charge in [0, 0.05) is 0 Å². The van der Waals surface area contributed by atoms with Gasteiger partial charge < -0.3 is 0 Å². The summed E-state index contributed by atoms with van der Waals surface area (Å²) in [6.07, 6.45) is 2.12. The van der Waals surface area contributed by atoms with Crippen LogP contribution in [0.15, 0.2) is 140 Å². The van der Waals surface area contributed by atoms with E-state index in [9.17, 15) is 0 Å². The van der Waals surface area contributed by atoms with Crippen molar-refractivity contribution in [2.24, 2.45) is 0 Å². The molecule has 0 saturated heterocycles. The molecule has 1 aromatic heterocycles. The van der Waals surface area contributed by atoms with Gasteiger partial charge in [0.1, 0.15) is 0 Å². The summed E-state index contributed by atoms with van der Waals surface area (Å²) in [5.74, 6) is 0. The number of aromatic nitrogens is 1. The summed E-state index contributed by atoms with van der Waals surface area (Å²) in [4.78, 5) is 4.94. The molecular weight excluding hydrogens is 435 g/mol. The summed E-state index contributed by atoms with van der Waals surface area (Å²) in [5, 5.41) is 0. The predicted octanol–water partition coefficient (Wildman–Crippen LogP) is 4.13. The van der Waals surface area contributed by atoms with E-state index in [2.05, 4.69) is 134 Å². The predicted molar refractivity (Wildman–Crippen MR) is 133 cm³/mol. The zero-order chi connectivity index (χ0) is 20.9. The standard InChI is InChI=1S/C29H23GeN/c1-5-13-24(14-6-1)29-22-21-28(23-31-29)30(25-15-7-2-8-16-25,26-17-9-3-10-18-26)27-19-11-4-12-20-27/h1-23H. The zero-order valence-corrected chi connectivity index (χ0v) is 19.3. The van der Waals surface area contributed by atoms with Crippen LogP contribution in [0.3, 0.4) is 0 Å². The SMILES string of the molecule is c1ccc(-c2cc[c]([Ge]([c]3ccccc3)([c]3ccccc3)[c]3ccccc3)cn2)cc1. The molecule has 5 aromatic rings. The third kappa shape index (κ3) is 3.62. The van der Waals surface area contributed by atoms with Gasteiger partial charge in [-0.1, -0.05) is 0 Å². The number of nitrogens with zero attached hydrogens (tertiary/aromatic N) is 1. The van der Waals surface area contributed by atoms with Gasteiger partial charge in [-0.05, 0) is 0 Å². The van der Waals surface area contributed by atoms with Gasteiger partial charge >= 0.3 is 187 Å². The minimum absolute atomic E-state index is 1.01. The van der Waals surface area contributed by atoms with Crippen LogP contribution in [0.1, 0.15) is 0 Å². The van der Waals surface area contributed by atoms with E-state index in [4.69, 9.17) is 4.98 Å². The molecule has 0 N–H and O–H groups in total. The van der Waals surface area contributed by atoms with Crippen molar-refractivity contribution in [1.82, 2.24) is 4.98 Å². The molecule has 0 aliphatic carbocycles. The molecule has 0 aliphatic heterocycles. The second kappa shape index (κ2) is 8.75. The zero-order valence-electron chi connectivity index (χ0n) is 17.2. The van der Waals surface area contributed by atoms with Crippen LogP contribution in [-0.2, 0) is 0 Å². The molecule has 2 heteroatoms. The monoisotopic (exact) mass is 459 g/mol. The van der Waals surface area contributed by atoms with Crippen LogP contribution in [0.4, 0.5) is 0 Å². The Balaban J connectivity index is 1.78. The van der Waals surface area contributed by atoms with E-state index in [1.165, 1.54) is 17.6 Å². The normalized spacial score (nSPS) is 11.2. The van der Waals surface area contributed by atoms with Gasteiger partial charge in [-0.15, -0.1) is 0 Å². The van der Waals surface area contributed by atoms with Gasteiger partial charge in [-0.2, -0.15) is 0 Å². The van der Waals surface area contributed by atoms with Crippen LogP contribution in [-0.4, -0.2) is 18.3 Å². The molecular formula is C29H23GeN. The Morgan fingerprint density at radius 3 is 1.19 bits per heavy atom. The summed E-state index contributed by atoms with van der Waals surface area (Å²) >= 11 is -3.20. The Morgan fingerprint density at radius 2 is 0.806 bits per heavy atom. The first-order valence-electron chi connectivity index (χ1n) is 10.6. The maximum absolute atomic E-state index is 4.94. The molecule has 0 saturated carbocycles. The van der Waals surface area contributed by atoms with E-state index in [0.29, 0.717) is 0 Å². The average Bonchev–Trinajstić information content (AvgIpc) is 2.88. The van der Waals surface area contributed by atoms with Crippen molar-refractivity contribution in [3.8, 4) is 11.3 Å². The second-order valence-corrected chi connectivity index (χ2v) is 15.6. The first-order chi connectivity index (χ1) is 15.4. The van der Waals surface area contributed by atoms with Crippen molar-refractivity contribution in [3.05, 3.63) is 140 Å². The minimum atomic E-state index is -3.20. The molecule has 0 fully saturated rings. The average molecular weight is 458 g/mol. The molecule has 0 bridgehead atoms. The van der Waals surface area contributed by atoms with Gasteiger partial charge in [0.25, 0.3) is 0 Å². The quantitative estimate of drug-likeness (QED) is 0.362. The number of pyridine rings is 1. The molecule has 0 amide bonds. The fraction of sp³-hybridized carbons (Fsp3) is 0. The van der Waals surface area contributed by atoms with Crippen molar-refractivity contribution in [1.29, 1.82) is 0 Å². The molecule has 4 aromatic carbocycles. The molecule has 1 heterocycles. The fourth-order valence-corrected chi connectivity index (χ4v) is 14.3. The maximum atomic E-state index is 4.94. The Hall–Kier alpha value is -3.43. The number of rotatable bonds is 5. The molecule has 0 spiro atoms. The Morgan fingerprint density at radius 1 is 0.387 bits per heavy atom. The third-order valence-corrected chi connectivity index (χ3v) is 15.9. The van der Waals surface area contributed by atoms with Crippen molar-refractivity contribution in [2.45, 2.75) is 0 Å². The van der Waals surface area contributed by atoms with Crippen LogP contribution >= 0.6 is 0 Å². The van der Waals surface area contributed by atoms with Crippen LogP contribution in [0, 0.1) is 0 Å². The third-order valence-electron chi connectivity index (χ3n) is 5.89. The van der Waals surface area contributed by atoms with Crippen LogP contribution < -0.4 is 17.6 Å². The van der Waals surface area contributed by atoms with Gasteiger partial charge in [0.05, 0.1) is 0 Å². The summed E-state index contributed by atoms with van der Waals surface area (Å²) in [6.45, 7) is 0. The summed E-state index contributed by atoms with van der Waals surface area (Å²) in [7, 11) is 0.